The van der Waals surface area contributed by atoms with Crippen molar-refractivity contribution in [1.82, 2.24) is 15.1 Å². The topological polar surface area (TPSA) is 18.5 Å². The third-order valence-corrected chi connectivity index (χ3v) is 5.13. The van der Waals surface area contributed by atoms with Gasteiger partial charge in [0, 0.05) is 38.3 Å². The maximum Gasteiger partial charge on any atom is 0.0220 e. The summed E-state index contributed by atoms with van der Waals surface area (Å²) >= 11 is 0. The highest BCUT2D eigenvalue weighted by molar-refractivity contribution is 4.86. The molecule has 0 aromatic heterocycles. The zero-order valence-electron chi connectivity index (χ0n) is 12.5. The molecule has 1 N–H and O–H groups in total. The first-order valence-corrected chi connectivity index (χ1v) is 7.84. The molecule has 18 heavy (non-hydrogen) atoms. The maximum absolute atomic E-state index is 3.58. The fourth-order valence-electron chi connectivity index (χ4n) is 3.73. The Morgan fingerprint density at radius 3 is 2.56 bits per heavy atom. The van der Waals surface area contributed by atoms with E-state index in [0.29, 0.717) is 6.04 Å². The lowest BCUT2D eigenvalue weighted by Gasteiger charge is -2.41. The van der Waals surface area contributed by atoms with Crippen LogP contribution in [0.15, 0.2) is 0 Å². The van der Waals surface area contributed by atoms with Crippen molar-refractivity contribution in [3.05, 3.63) is 0 Å². The van der Waals surface area contributed by atoms with Crippen LogP contribution in [-0.4, -0.2) is 62.2 Å². The summed E-state index contributed by atoms with van der Waals surface area (Å²) in [6, 6.07) is 1.48. The van der Waals surface area contributed by atoms with Crippen molar-refractivity contribution in [3.8, 4) is 0 Å². The summed E-state index contributed by atoms with van der Waals surface area (Å²) in [4.78, 5) is 5.22. The molecule has 3 nitrogen and oxygen atoms in total. The summed E-state index contributed by atoms with van der Waals surface area (Å²) in [5, 5.41) is 3.58. The number of nitrogens with one attached hydrogen (secondary N) is 1. The van der Waals surface area contributed by atoms with Crippen molar-refractivity contribution in [1.29, 1.82) is 0 Å². The summed E-state index contributed by atoms with van der Waals surface area (Å²) in [5.74, 6) is 0.926. The highest BCUT2D eigenvalue weighted by Gasteiger charge is 2.28. The van der Waals surface area contributed by atoms with Crippen LogP contribution in [0.25, 0.3) is 0 Å². The Morgan fingerprint density at radius 1 is 1.22 bits per heavy atom. The van der Waals surface area contributed by atoms with Crippen molar-refractivity contribution in [3.63, 3.8) is 0 Å². The zero-order valence-corrected chi connectivity index (χ0v) is 12.5. The summed E-state index contributed by atoms with van der Waals surface area (Å²) in [6.07, 6.45) is 7.06. The van der Waals surface area contributed by atoms with Crippen LogP contribution >= 0.6 is 0 Å². The highest BCUT2D eigenvalue weighted by Crippen LogP contribution is 2.28. The second kappa shape index (κ2) is 6.88. The van der Waals surface area contributed by atoms with Crippen molar-refractivity contribution in [2.75, 3.05) is 40.3 Å². The number of hydrogen-bond donors (Lipinski definition) is 1. The molecule has 1 saturated heterocycles. The molecule has 0 aromatic rings. The molecule has 0 bridgehead atoms. The Labute approximate surface area is 113 Å². The quantitative estimate of drug-likeness (QED) is 0.806. The van der Waals surface area contributed by atoms with E-state index in [9.17, 15) is 0 Å². The van der Waals surface area contributed by atoms with Gasteiger partial charge in [-0.2, -0.15) is 0 Å². The molecular weight excluding hydrogens is 222 g/mol. The van der Waals surface area contributed by atoms with Crippen LogP contribution in [0, 0.1) is 5.92 Å². The Morgan fingerprint density at radius 2 is 1.94 bits per heavy atom. The zero-order chi connectivity index (χ0) is 13.0. The predicted octanol–water partition coefficient (Wildman–Crippen LogP) is 1.79. The Kier molecular flexibility index (Phi) is 5.46. The second-order valence-electron chi connectivity index (χ2n) is 6.24. The van der Waals surface area contributed by atoms with Gasteiger partial charge in [0.25, 0.3) is 0 Å². The summed E-state index contributed by atoms with van der Waals surface area (Å²) in [5.41, 5.74) is 0. The van der Waals surface area contributed by atoms with E-state index in [1.165, 1.54) is 58.3 Å². The smallest absolute Gasteiger partial charge is 0.0220 e. The number of hydrogen-bond acceptors (Lipinski definition) is 3. The van der Waals surface area contributed by atoms with E-state index in [1.807, 2.05) is 0 Å². The van der Waals surface area contributed by atoms with E-state index in [1.54, 1.807) is 0 Å². The van der Waals surface area contributed by atoms with E-state index >= 15 is 0 Å². The molecule has 2 aliphatic rings. The lowest BCUT2D eigenvalue weighted by atomic mass is 9.97. The number of piperazine rings is 1. The summed E-state index contributed by atoms with van der Waals surface area (Å²) in [7, 11) is 4.42. The Hall–Kier alpha value is -0.120. The average molecular weight is 253 g/mol. The predicted molar refractivity (Wildman–Crippen MR) is 78.0 cm³/mol. The molecule has 0 amide bonds. The van der Waals surface area contributed by atoms with Crippen LogP contribution in [0.2, 0.25) is 0 Å². The minimum absolute atomic E-state index is 0.716. The van der Waals surface area contributed by atoms with Crippen molar-refractivity contribution < 1.29 is 0 Å². The minimum Gasteiger partial charge on any atom is -0.315 e. The summed E-state index contributed by atoms with van der Waals surface area (Å²) in [6.45, 7) is 7.32. The van der Waals surface area contributed by atoms with Crippen LogP contribution in [0.3, 0.4) is 0 Å². The first kappa shape index (κ1) is 14.3. The van der Waals surface area contributed by atoms with Gasteiger partial charge in [0.05, 0.1) is 0 Å². The molecule has 1 aliphatic heterocycles. The van der Waals surface area contributed by atoms with E-state index in [4.69, 9.17) is 0 Å². The standard InChI is InChI=1S/C15H31N3/c1-4-14-11-18(10-9-17(14)3)12-15(16-2)13-7-5-6-8-13/h13-16H,4-12H2,1-3H3. The molecule has 2 rings (SSSR count). The maximum atomic E-state index is 3.58. The van der Waals surface area contributed by atoms with E-state index in [2.05, 4.69) is 36.1 Å². The lowest BCUT2D eigenvalue weighted by molar-refractivity contribution is 0.0806. The lowest BCUT2D eigenvalue weighted by Crippen LogP contribution is -2.54. The van der Waals surface area contributed by atoms with Crippen LogP contribution in [0.4, 0.5) is 0 Å². The number of nitrogens with zero attached hydrogens (tertiary/aromatic N) is 2. The SMILES string of the molecule is CCC1CN(CC(NC)C2CCCC2)CCN1C. The number of rotatable bonds is 5. The van der Waals surface area contributed by atoms with Gasteiger partial charge in [-0.3, -0.25) is 4.90 Å². The van der Waals surface area contributed by atoms with Gasteiger partial charge in [-0.15, -0.1) is 0 Å². The molecule has 1 heterocycles. The second-order valence-corrected chi connectivity index (χ2v) is 6.24. The molecule has 2 fully saturated rings. The van der Waals surface area contributed by atoms with Crippen molar-refractivity contribution in [2.45, 2.75) is 51.1 Å². The monoisotopic (exact) mass is 253 g/mol. The fourth-order valence-corrected chi connectivity index (χ4v) is 3.73. The van der Waals surface area contributed by atoms with Gasteiger partial charge in [0.15, 0.2) is 0 Å². The van der Waals surface area contributed by atoms with Crippen LogP contribution in [0.1, 0.15) is 39.0 Å². The highest BCUT2D eigenvalue weighted by atomic mass is 15.3. The fraction of sp³-hybridized carbons (Fsp3) is 1.00. The third kappa shape index (κ3) is 3.46. The van der Waals surface area contributed by atoms with Crippen LogP contribution in [0.5, 0.6) is 0 Å². The molecule has 1 saturated carbocycles. The largest absolute Gasteiger partial charge is 0.315 e. The first-order valence-electron chi connectivity index (χ1n) is 7.84. The van der Waals surface area contributed by atoms with Gasteiger partial charge in [0.2, 0.25) is 0 Å². The Bertz CT molecular complexity index is 238. The van der Waals surface area contributed by atoms with Crippen LogP contribution < -0.4 is 5.32 Å². The van der Waals surface area contributed by atoms with E-state index in [0.717, 1.165) is 12.0 Å². The molecule has 1 aliphatic carbocycles. The number of likely N-dealkylation sites (N-methyl/N-ethyl adjacent to an activating group) is 2. The first-order chi connectivity index (χ1) is 8.74. The van der Waals surface area contributed by atoms with Gasteiger partial charge in [-0.05, 0) is 39.3 Å². The Balaban J connectivity index is 1.83. The van der Waals surface area contributed by atoms with Gasteiger partial charge in [-0.1, -0.05) is 19.8 Å². The van der Waals surface area contributed by atoms with E-state index in [-0.39, 0.29) is 0 Å². The molecule has 0 radical (unpaired) electrons. The van der Waals surface area contributed by atoms with Crippen molar-refractivity contribution >= 4 is 0 Å². The molecule has 106 valence electrons. The minimum atomic E-state index is 0.716. The third-order valence-electron chi connectivity index (χ3n) is 5.13. The van der Waals surface area contributed by atoms with Crippen LogP contribution in [-0.2, 0) is 0 Å². The molecule has 2 atom stereocenters. The summed E-state index contributed by atoms with van der Waals surface area (Å²) < 4.78 is 0. The van der Waals surface area contributed by atoms with E-state index < -0.39 is 0 Å². The average Bonchev–Trinajstić information content (AvgIpc) is 2.91. The molecule has 2 unspecified atom stereocenters. The van der Waals surface area contributed by atoms with Gasteiger partial charge in [0.1, 0.15) is 0 Å². The normalized spacial score (nSPS) is 29.8. The van der Waals surface area contributed by atoms with Gasteiger partial charge in [-0.25, -0.2) is 0 Å². The van der Waals surface area contributed by atoms with Crippen molar-refractivity contribution in [2.24, 2.45) is 5.92 Å². The molecule has 0 aromatic carbocycles. The van der Waals surface area contributed by atoms with Gasteiger partial charge >= 0.3 is 0 Å². The molecular formula is C15H31N3. The van der Waals surface area contributed by atoms with Gasteiger partial charge < -0.3 is 10.2 Å². The molecule has 0 spiro atoms. The molecule has 3 heteroatoms.